The number of aromatic nitrogens is 2. The van der Waals surface area contributed by atoms with Gasteiger partial charge in [0.15, 0.2) is 0 Å². The lowest BCUT2D eigenvalue weighted by Gasteiger charge is -2.32. The van der Waals surface area contributed by atoms with Gasteiger partial charge >= 0.3 is 0 Å². The van der Waals surface area contributed by atoms with E-state index in [4.69, 9.17) is 4.98 Å². The van der Waals surface area contributed by atoms with E-state index in [0.29, 0.717) is 18.3 Å². The van der Waals surface area contributed by atoms with Crippen LogP contribution in [0.5, 0.6) is 0 Å². The Hall–Kier alpha value is -1.69. The van der Waals surface area contributed by atoms with Crippen LogP contribution in [0.15, 0.2) is 6.20 Å². The van der Waals surface area contributed by atoms with Gasteiger partial charge in [-0.25, -0.2) is 9.97 Å². The van der Waals surface area contributed by atoms with Crippen molar-refractivity contribution in [1.82, 2.24) is 15.3 Å². The Kier molecular flexibility index (Phi) is 5.91. The second-order valence-electron chi connectivity index (χ2n) is 8.55. The third-order valence-corrected chi connectivity index (χ3v) is 6.61. The third-order valence-electron chi connectivity index (χ3n) is 6.61. The number of rotatable bonds is 5. The second-order valence-corrected chi connectivity index (χ2v) is 8.55. The molecule has 0 spiro atoms. The Labute approximate surface area is 161 Å². The highest BCUT2D eigenvalue weighted by Gasteiger charge is 2.27. The van der Waals surface area contributed by atoms with E-state index in [0.717, 1.165) is 62.4 Å². The van der Waals surface area contributed by atoms with Gasteiger partial charge < -0.3 is 15.3 Å². The van der Waals surface area contributed by atoms with Gasteiger partial charge in [0.1, 0.15) is 0 Å². The summed E-state index contributed by atoms with van der Waals surface area (Å²) in [6, 6.07) is 0.0665. The van der Waals surface area contributed by atoms with Crippen molar-refractivity contribution in [2.45, 2.75) is 70.3 Å². The van der Waals surface area contributed by atoms with Gasteiger partial charge in [-0.1, -0.05) is 12.8 Å². The number of anilines is 1. The number of piperidine rings is 1. The topological polar surface area (TPSA) is 78.4 Å². The molecule has 6 nitrogen and oxygen atoms in total. The molecule has 2 N–H and O–H groups in total. The molecule has 27 heavy (non-hydrogen) atoms. The van der Waals surface area contributed by atoms with E-state index in [1.54, 1.807) is 0 Å². The van der Waals surface area contributed by atoms with Crippen LogP contribution in [0, 0.1) is 11.8 Å². The average molecular weight is 373 g/mol. The number of nitrogens with zero attached hydrogens (tertiary/aromatic N) is 3. The molecule has 0 radical (unpaired) electrons. The molecular formula is C21H32N4O2. The molecule has 1 saturated carbocycles. The molecule has 0 aromatic carbocycles. The van der Waals surface area contributed by atoms with Gasteiger partial charge in [-0.05, 0) is 56.8 Å². The third kappa shape index (κ3) is 4.42. The molecule has 0 bridgehead atoms. The largest absolute Gasteiger partial charge is 0.396 e. The van der Waals surface area contributed by atoms with E-state index in [1.807, 2.05) is 6.20 Å². The molecule has 3 aliphatic rings. The molecule has 4 rings (SSSR count). The number of aryl methyl sites for hydroxylation is 1. The van der Waals surface area contributed by atoms with Crippen molar-refractivity contribution < 1.29 is 9.90 Å². The molecule has 1 aromatic heterocycles. The normalized spacial score (nSPS) is 24.0. The van der Waals surface area contributed by atoms with Crippen LogP contribution in [0.2, 0.25) is 0 Å². The minimum atomic E-state index is 0.0665. The summed E-state index contributed by atoms with van der Waals surface area (Å²) in [5, 5.41) is 12.6. The van der Waals surface area contributed by atoms with Gasteiger partial charge in [-0.15, -0.1) is 0 Å². The molecule has 1 amide bonds. The van der Waals surface area contributed by atoms with Gasteiger partial charge in [0.05, 0.1) is 11.7 Å². The van der Waals surface area contributed by atoms with Gasteiger partial charge in [0.2, 0.25) is 11.9 Å². The fourth-order valence-electron chi connectivity index (χ4n) is 4.88. The predicted molar refractivity (Wildman–Crippen MR) is 104 cm³/mol. The molecule has 2 fully saturated rings. The molecule has 0 unspecified atom stereocenters. The maximum Gasteiger partial charge on any atom is 0.225 e. The summed E-state index contributed by atoms with van der Waals surface area (Å²) in [6.45, 7) is 2.10. The van der Waals surface area contributed by atoms with Crippen LogP contribution >= 0.6 is 0 Å². The van der Waals surface area contributed by atoms with Crippen molar-refractivity contribution in [3.8, 4) is 0 Å². The van der Waals surface area contributed by atoms with Crippen molar-refractivity contribution in [3.05, 3.63) is 17.5 Å². The highest BCUT2D eigenvalue weighted by Crippen LogP contribution is 2.31. The van der Waals surface area contributed by atoms with E-state index in [-0.39, 0.29) is 18.6 Å². The fraction of sp³-hybridized carbons (Fsp3) is 0.762. The van der Waals surface area contributed by atoms with Crippen molar-refractivity contribution in [3.63, 3.8) is 0 Å². The van der Waals surface area contributed by atoms with Gasteiger partial charge in [-0.2, -0.15) is 0 Å². The lowest BCUT2D eigenvalue weighted by atomic mass is 9.92. The highest BCUT2D eigenvalue weighted by atomic mass is 16.3. The number of hydrogen-bond acceptors (Lipinski definition) is 5. The zero-order valence-corrected chi connectivity index (χ0v) is 16.2. The van der Waals surface area contributed by atoms with Crippen LogP contribution < -0.4 is 10.2 Å². The molecule has 1 atom stereocenters. The molecule has 2 aliphatic carbocycles. The number of amides is 1. The smallest absolute Gasteiger partial charge is 0.225 e. The van der Waals surface area contributed by atoms with Crippen LogP contribution in [0.1, 0.15) is 75.1 Å². The Morgan fingerprint density at radius 2 is 1.89 bits per heavy atom. The number of hydrogen-bond donors (Lipinski definition) is 2. The summed E-state index contributed by atoms with van der Waals surface area (Å²) in [5.74, 6) is 1.99. The first-order chi connectivity index (χ1) is 13.2. The van der Waals surface area contributed by atoms with E-state index in [1.165, 1.54) is 25.7 Å². The Bertz CT molecular complexity index is 652. The fourth-order valence-corrected chi connectivity index (χ4v) is 4.88. The monoisotopic (exact) mass is 372 g/mol. The first-order valence-electron chi connectivity index (χ1n) is 10.7. The molecule has 1 aliphatic heterocycles. The van der Waals surface area contributed by atoms with Crippen LogP contribution in [-0.4, -0.2) is 40.7 Å². The minimum absolute atomic E-state index is 0.0665. The van der Waals surface area contributed by atoms with E-state index in [9.17, 15) is 9.90 Å². The summed E-state index contributed by atoms with van der Waals surface area (Å²) in [6.07, 6.45) is 12.6. The summed E-state index contributed by atoms with van der Waals surface area (Å²) < 4.78 is 0. The Balaban J connectivity index is 1.40. The van der Waals surface area contributed by atoms with Crippen molar-refractivity contribution in [2.75, 3.05) is 24.6 Å². The van der Waals surface area contributed by atoms with Crippen LogP contribution in [0.25, 0.3) is 0 Å². The highest BCUT2D eigenvalue weighted by molar-refractivity contribution is 5.76. The zero-order chi connectivity index (χ0) is 18.6. The van der Waals surface area contributed by atoms with Gasteiger partial charge in [0, 0.05) is 37.9 Å². The lowest BCUT2D eigenvalue weighted by molar-refractivity contribution is -0.122. The molecule has 1 saturated heterocycles. The summed E-state index contributed by atoms with van der Waals surface area (Å²) in [4.78, 5) is 24.2. The lowest BCUT2D eigenvalue weighted by Crippen LogP contribution is -2.37. The first kappa shape index (κ1) is 18.7. The number of aliphatic hydroxyl groups excluding tert-OH is 1. The SMILES string of the molecule is O=C(CC1CCCC1)N[C@@H]1CCCc2nc(N3CCC(CO)CC3)ncc21. The number of carbonyl (C=O) groups excluding carboxylic acids is 1. The van der Waals surface area contributed by atoms with Gasteiger partial charge in [-0.3, -0.25) is 4.79 Å². The van der Waals surface area contributed by atoms with Gasteiger partial charge in [0.25, 0.3) is 0 Å². The minimum Gasteiger partial charge on any atom is -0.396 e. The van der Waals surface area contributed by atoms with Crippen molar-refractivity contribution in [1.29, 1.82) is 0 Å². The predicted octanol–water partition coefficient (Wildman–Crippen LogP) is 2.76. The van der Waals surface area contributed by atoms with E-state index < -0.39 is 0 Å². The number of fused-ring (bicyclic) bond motifs is 1. The quantitative estimate of drug-likeness (QED) is 0.831. The number of aliphatic hydroxyl groups is 1. The van der Waals surface area contributed by atoms with Crippen LogP contribution in [0.4, 0.5) is 5.95 Å². The molecule has 148 valence electrons. The Morgan fingerprint density at radius 3 is 2.63 bits per heavy atom. The molecule has 2 heterocycles. The molecule has 1 aromatic rings. The zero-order valence-electron chi connectivity index (χ0n) is 16.2. The second kappa shape index (κ2) is 8.55. The van der Waals surface area contributed by atoms with Crippen molar-refractivity contribution >= 4 is 11.9 Å². The summed E-state index contributed by atoms with van der Waals surface area (Å²) in [7, 11) is 0. The Morgan fingerprint density at radius 1 is 1.11 bits per heavy atom. The van der Waals surface area contributed by atoms with Crippen LogP contribution in [-0.2, 0) is 11.2 Å². The van der Waals surface area contributed by atoms with E-state index in [2.05, 4.69) is 15.2 Å². The summed E-state index contributed by atoms with van der Waals surface area (Å²) >= 11 is 0. The van der Waals surface area contributed by atoms with E-state index >= 15 is 0 Å². The number of carbonyl (C=O) groups is 1. The molecule has 6 heteroatoms. The first-order valence-corrected chi connectivity index (χ1v) is 10.7. The maximum atomic E-state index is 12.5. The standard InChI is InChI=1S/C21H32N4O2/c26-14-16-8-10-25(11-9-16)21-22-13-17-18(6-3-7-19(17)24-21)23-20(27)12-15-4-1-2-5-15/h13,15-16,18,26H,1-12,14H2,(H,23,27)/t18-/m1/s1. The summed E-state index contributed by atoms with van der Waals surface area (Å²) in [5.41, 5.74) is 2.21. The van der Waals surface area contributed by atoms with Crippen molar-refractivity contribution in [2.24, 2.45) is 11.8 Å². The number of nitrogens with one attached hydrogen (secondary N) is 1. The molecular weight excluding hydrogens is 340 g/mol. The maximum absolute atomic E-state index is 12.5. The van der Waals surface area contributed by atoms with Crippen LogP contribution in [0.3, 0.4) is 0 Å². The average Bonchev–Trinajstić information content (AvgIpc) is 3.21.